The molecule has 0 aromatic carbocycles. The van der Waals surface area contributed by atoms with Gasteiger partial charge in [0.1, 0.15) is 0 Å². The third-order valence-corrected chi connectivity index (χ3v) is 3.84. The first-order valence-electron chi connectivity index (χ1n) is 6.69. The van der Waals surface area contributed by atoms with Gasteiger partial charge in [-0.1, -0.05) is 19.8 Å². The van der Waals surface area contributed by atoms with E-state index in [1.54, 1.807) is 0 Å². The number of hydrogen-bond donors (Lipinski definition) is 1. The van der Waals surface area contributed by atoms with Gasteiger partial charge in [-0.2, -0.15) is 0 Å². The van der Waals surface area contributed by atoms with Crippen molar-refractivity contribution in [3.8, 4) is 0 Å². The lowest BCUT2D eigenvalue weighted by molar-refractivity contribution is 0.455. The molecule has 1 heterocycles. The van der Waals surface area contributed by atoms with Crippen molar-refractivity contribution in [2.24, 2.45) is 5.73 Å². The highest BCUT2D eigenvalue weighted by Gasteiger charge is 2.21. The van der Waals surface area contributed by atoms with Crippen LogP contribution in [-0.4, -0.2) is 4.57 Å². The Hall–Kier alpha value is -0.760. The third-order valence-electron chi connectivity index (χ3n) is 3.84. The minimum Gasteiger partial charge on any atom is -0.348 e. The van der Waals surface area contributed by atoms with Crippen LogP contribution in [0.25, 0.3) is 0 Å². The van der Waals surface area contributed by atoms with Gasteiger partial charge in [0.15, 0.2) is 0 Å². The zero-order valence-corrected chi connectivity index (χ0v) is 10.6. The molecule has 2 N–H and O–H groups in total. The molecule has 1 aliphatic rings. The third kappa shape index (κ3) is 2.17. The molecular formula is C14H24N2. The lowest BCUT2D eigenvalue weighted by Crippen LogP contribution is -2.19. The van der Waals surface area contributed by atoms with Gasteiger partial charge in [0.2, 0.25) is 0 Å². The summed E-state index contributed by atoms with van der Waals surface area (Å²) in [5.41, 5.74) is 9.05. The first kappa shape index (κ1) is 11.7. The minimum absolute atomic E-state index is 0.281. The summed E-state index contributed by atoms with van der Waals surface area (Å²) >= 11 is 0. The van der Waals surface area contributed by atoms with E-state index in [2.05, 4.69) is 30.7 Å². The van der Waals surface area contributed by atoms with Crippen LogP contribution in [0.2, 0.25) is 0 Å². The van der Waals surface area contributed by atoms with Crippen LogP contribution in [0, 0.1) is 0 Å². The van der Waals surface area contributed by atoms with Crippen LogP contribution in [0.15, 0.2) is 12.3 Å². The Morgan fingerprint density at radius 2 is 2.38 bits per heavy atom. The number of rotatable bonds is 4. The molecule has 0 spiro atoms. The number of fused-ring (bicyclic) bond motifs is 1. The second-order valence-corrected chi connectivity index (χ2v) is 5.12. The largest absolute Gasteiger partial charge is 0.348 e. The molecule has 2 rings (SSSR count). The van der Waals surface area contributed by atoms with E-state index in [0.29, 0.717) is 6.04 Å². The Balaban J connectivity index is 2.16. The molecule has 0 amide bonds. The van der Waals surface area contributed by atoms with Gasteiger partial charge in [-0.3, -0.25) is 0 Å². The van der Waals surface area contributed by atoms with Crippen LogP contribution in [-0.2, 0) is 6.42 Å². The van der Waals surface area contributed by atoms with E-state index >= 15 is 0 Å². The van der Waals surface area contributed by atoms with Crippen LogP contribution < -0.4 is 5.73 Å². The fourth-order valence-electron chi connectivity index (χ4n) is 2.80. The number of aromatic nitrogens is 1. The molecule has 1 aliphatic carbocycles. The summed E-state index contributed by atoms with van der Waals surface area (Å²) in [5, 5.41) is 0. The van der Waals surface area contributed by atoms with Crippen LogP contribution in [0.3, 0.4) is 0 Å². The molecule has 1 aromatic rings. The van der Waals surface area contributed by atoms with Crippen molar-refractivity contribution < 1.29 is 0 Å². The van der Waals surface area contributed by atoms with Crippen molar-refractivity contribution in [1.82, 2.24) is 4.57 Å². The van der Waals surface area contributed by atoms with E-state index in [4.69, 9.17) is 5.73 Å². The molecule has 2 nitrogen and oxygen atoms in total. The molecule has 0 radical (unpaired) electrons. The van der Waals surface area contributed by atoms with Gasteiger partial charge >= 0.3 is 0 Å². The van der Waals surface area contributed by atoms with Gasteiger partial charge in [-0.25, -0.2) is 0 Å². The number of nitrogens with zero attached hydrogens (tertiary/aromatic N) is 1. The van der Waals surface area contributed by atoms with Crippen molar-refractivity contribution >= 4 is 0 Å². The topological polar surface area (TPSA) is 30.9 Å². The highest BCUT2D eigenvalue weighted by molar-refractivity contribution is 5.28. The fourth-order valence-corrected chi connectivity index (χ4v) is 2.80. The van der Waals surface area contributed by atoms with E-state index < -0.39 is 0 Å². The Morgan fingerprint density at radius 3 is 3.12 bits per heavy atom. The van der Waals surface area contributed by atoms with Crippen molar-refractivity contribution in [2.45, 2.75) is 64.5 Å². The van der Waals surface area contributed by atoms with Gasteiger partial charge < -0.3 is 10.3 Å². The maximum absolute atomic E-state index is 6.15. The Morgan fingerprint density at radius 1 is 1.56 bits per heavy atom. The van der Waals surface area contributed by atoms with E-state index in [9.17, 15) is 0 Å². The molecule has 16 heavy (non-hydrogen) atoms. The average Bonchev–Trinajstić information content (AvgIpc) is 2.71. The number of hydrogen-bond acceptors (Lipinski definition) is 1. The predicted molar refractivity (Wildman–Crippen MR) is 68.5 cm³/mol. The molecular weight excluding hydrogens is 196 g/mol. The van der Waals surface area contributed by atoms with Gasteiger partial charge in [0.05, 0.1) is 0 Å². The first-order chi connectivity index (χ1) is 7.74. The average molecular weight is 220 g/mol. The highest BCUT2D eigenvalue weighted by Crippen LogP contribution is 2.31. The van der Waals surface area contributed by atoms with E-state index in [1.807, 2.05) is 0 Å². The van der Waals surface area contributed by atoms with Crippen LogP contribution >= 0.6 is 0 Å². The molecule has 0 saturated carbocycles. The predicted octanol–water partition coefficient (Wildman–Crippen LogP) is 3.58. The highest BCUT2D eigenvalue weighted by atomic mass is 15.0. The van der Waals surface area contributed by atoms with Crippen LogP contribution in [0.5, 0.6) is 0 Å². The maximum atomic E-state index is 6.15. The lowest BCUT2D eigenvalue weighted by atomic mass is 9.93. The molecule has 2 atom stereocenters. The summed E-state index contributed by atoms with van der Waals surface area (Å²) in [6.07, 6.45) is 9.75. The molecule has 2 unspecified atom stereocenters. The monoisotopic (exact) mass is 220 g/mol. The van der Waals surface area contributed by atoms with Gasteiger partial charge in [0, 0.05) is 24.0 Å². The van der Waals surface area contributed by atoms with Crippen molar-refractivity contribution in [3.63, 3.8) is 0 Å². The van der Waals surface area contributed by atoms with Crippen LogP contribution in [0.4, 0.5) is 0 Å². The zero-order valence-electron chi connectivity index (χ0n) is 10.6. The van der Waals surface area contributed by atoms with Crippen LogP contribution in [0.1, 0.15) is 69.3 Å². The van der Waals surface area contributed by atoms with E-state index in [1.165, 1.54) is 43.4 Å². The van der Waals surface area contributed by atoms with Gasteiger partial charge in [0.25, 0.3) is 0 Å². The van der Waals surface area contributed by atoms with Crippen molar-refractivity contribution in [2.75, 3.05) is 0 Å². The maximum Gasteiger partial charge on any atom is 0.0312 e. The molecule has 0 bridgehead atoms. The second kappa shape index (κ2) is 5.05. The van der Waals surface area contributed by atoms with E-state index in [0.717, 1.165) is 6.42 Å². The Kier molecular flexibility index (Phi) is 3.70. The van der Waals surface area contributed by atoms with Crippen molar-refractivity contribution in [3.05, 3.63) is 23.5 Å². The summed E-state index contributed by atoms with van der Waals surface area (Å²) in [6, 6.07) is 3.15. The lowest BCUT2D eigenvalue weighted by Gasteiger charge is -2.24. The summed E-state index contributed by atoms with van der Waals surface area (Å²) in [6.45, 7) is 4.59. The fraction of sp³-hybridized carbons (Fsp3) is 0.714. The normalized spacial score (nSPS) is 21.8. The Labute approximate surface area is 98.8 Å². The molecule has 0 aliphatic heterocycles. The van der Waals surface area contributed by atoms with Gasteiger partial charge in [-0.05, 0) is 44.2 Å². The quantitative estimate of drug-likeness (QED) is 0.826. The van der Waals surface area contributed by atoms with Crippen molar-refractivity contribution in [1.29, 1.82) is 0 Å². The molecule has 1 aromatic heterocycles. The first-order valence-corrected chi connectivity index (χ1v) is 6.69. The number of unbranched alkanes of at least 4 members (excludes halogenated alkanes) is 1. The molecule has 0 saturated heterocycles. The molecule has 90 valence electrons. The second-order valence-electron chi connectivity index (χ2n) is 5.12. The summed E-state index contributed by atoms with van der Waals surface area (Å²) in [4.78, 5) is 0. The summed E-state index contributed by atoms with van der Waals surface area (Å²) in [5.74, 6) is 0. The molecule has 2 heteroatoms. The van der Waals surface area contributed by atoms with E-state index in [-0.39, 0.29) is 6.04 Å². The van der Waals surface area contributed by atoms with Gasteiger partial charge in [-0.15, -0.1) is 0 Å². The SMILES string of the molecule is CCCCC(C)n1ccc2c1CCCC2N. The Bertz CT molecular complexity index is 341. The zero-order chi connectivity index (χ0) is 11.5. The summed E-state index contributed by atoms with van der Waals surface area (Å²) in [7, 11) is 0. The standard InChI is InChI=1S/C14H24N2/c1-3-4-6-11(2)16-10-9-12-13(15)7-5-8-14(12)16/h9-11,13H,3-8,15H2,1-2H3. The number of nitrogens with two attached hydrogens (primary N) is 1. The summed E-state index contributed by atoms with van der Waals surface area (Å²) < 4.78 is 2.46. The minimum atomic E-state index is 0.281. The molecule has 0 fully saturated rings. The smallest absolute Gasteiger partial charge is 0.0312 e.